The van der Waals surface area contributed by atoms with Crippen molar-refractivity contribution in [3.63, 3.8) is 0 Å². The van der Waals surface area contributed by atoms with Gasteiger partial charge in [0.1, 0.15) is 5.76 Å². The van der Waals surface area contributed by atoms with Crippen LogP contribution in [0.3, 0.4) is 0 Å². The SMILES string of the molecule is Cc1cccc2c1CCN(Cc1ccco1)C2. The first-order valence-corrected chi connectivity index (χ1v) is 6.15. The Morgan fingerprint density at radius 3 is 3.00 bits per heavy atom. The van der Waals surface area contributed by atoms with Crippen LogP contribution in [0, 0.1) is 6.92 Å². The Labute approximate surface area is 102 Å². The van der Waals surface area contributed by atoms with Gasteiger partial charge >= 0.3 is 0 Å². The summed E-state index contributed by atoms with van der Waals surface area (Å²) < 4.78 is 5.41. The smallest absolute Gasteiger partial charge is 0.117 e. The molecule has 0 radical (unpaired) electrons. The summed E-state index contributed by atoms with van der Waals surface area (Å²) in [4.78, 5) is 2.45. The second-order valence-electron chi connectivity index (χ2n) is 4.75. The van der Waals surface area contributed by atoms with Crippen molar-refractivity contribution in [1.29, 1.82) is 0 Å². The van der Waals surface area contributed by atoms with Gasteiger partial charge in [0.25, 0.3) is 0 Å². The average Bonchev–Trinajstić information content (AvgIpc) is 2.82. The molecule has 2 aromatic rings. The molecule has 0 amide bonds. The quantitative estimate of drug-likeness (QED) is 0.783. The molecular formula is C15H17NO. The zero-order valence-electron chi connectivity index (χ0n) is 10.1. The summed E-state index contributed by atoms with van der Waals surface area (Å²) in [6.07, 6.45) is 2.90. The van der Waals surface area contributed by atoms with E-state index >= 15 is 0 Å². The summed E-state index contributed by atoms with van der Waals surface area (Å²) in [5.41, 5.74) is 4.45. The zero-order chi connectivity index (χ0) is 11.7. The highest BCUT2D eigenvalue weighted by molar-refractivity contribution is 5.36. The number of aryl methyl sites for hydroxylation is 1. The molecule has 1 aliphatic rings. The number of furan rings is 1. The first kappa shape index (κ1) is 10.6. The standard InChI is InChI=1S/C15H17NO/c1-12-4-2-5-13-10-16(8-7-15(12)13)11-14-6-3-9-17-14/h2-6,9H,7-8,10-11H2,1H3. The van der Waals surface area contributed by atoms with E-state index in [9.17, 15) is 0 Å². The summed E-state index contributed by atoms with van der Waals surface area (Å²) in [7, 11) is 0. The maximum atomic E-state index is 5.41. The summed E-state index contributed by atoms with van der Waals surface area (Å²) in [6.45, 7) is 5.29. The van der Waals surface area contributed by atoms with Crippen LogP contribution in [0.1, 0.15) is 22.5 Å². The molecule has 2 heterocycles. The second-order valence-corrected chi connectivity index (χ2v) is 4.75. The van der Waals surface area contributed by atoms with E-state index in [0.29, 0.717) is 0 Å². The topological polar surface area (TPSA) is 16.4 Å². The molecule has 88 valence electrons. The van der Waals surface area contributed by atoms with E-state index in [1.54, 1.807) is 11.8 Å². The van der Waals surface area contributed by atoms with Crippen LogP contribution < -0.4 is 0 Å². The van der Waals surface area contributed by atoms with E-state index in [0.717, 1.165) is 31.8 Å². The van der Waals surface area contributed by atoms with Gasteiger partial charge in [0.05, 0.1) is 12.8 Å². The summed E-state index contributed by atoms with van der Waals surface area (Å²) >= 11 is 0. The average molecular weight is 227 g/mol. The molecule has 1 aromatic carbocycles. The Bertz CT molecular complexity index is 502. The molecule has 0 aliphatic carbocycles. The van der Waals surface area contributed by atoms with E-state index in [2.05, 4.69) is 30.0 Å². The molecule has 0 spiro atoms. The van der Waals surface area contributed by atoms with Gasteiger partial charge in [0.2, 0.25) is 0 Å². The fourth-order valence-electron chi connectivity index (χ4n) is 2.62. The molecule has 1 aliphatic heterocycles. The van der Waals surface area contributed by atoms with Gasteiger partial charge in [-0.2, -0.15) is 0 Å². The number of fused-ring (bicyclic) bond motifs is 1. The molecule has 17 heavy (non-hydrogen) atoms. The molecule has 0 bridgehead atoms. The molecule has 0 saturated carbocycles. The van der Waals surface area contributed by atoms with Gasteiger partial charge < -0.3 is 4.42 Å². The lowest BCUT2D eigenvalue weighted by atomic mass is 9.95. The van der Waals surface area contributed by atoms with Gasteiger partial charge in [-0.1, -0.05) is 18.2 Å². The predicted molar refractivity (Wildman–Crippen MR) is 67.7 cm³/mol. The van der Waals surface area contributed by atoms with E-state index in [1.165, 1.54) is 11.1 Å². The largest absolute Gasteiger partial charge is 0.468 e. The molecule has 2 heteroatoms. The van der Waals surface area contributed by atoms with Crippen molar-refractivity contribution in [1.82, 2.24) is 4.90 Å². The Hall–Kier alpha value is -1.54. The van der Waals surface area contributed by atoms with E-state index < -0.39 is 0 Å². The van der Waals surface area contributed by atoms with E-state index in [4.69, 9.17) is 4.42 Å². The third-order valence-electron chi connectivity index (χ3n) is 3.54. The van der Waals surface area contributed by atoms with Gasteiger partial charge in [-0.25, -0.2) is 0 Å². The summed E-state index contributed by atoms with van der Waals surface area (Å²) in [5.74, 6) is 1.06. The fourth-order valence-corrected chi connectivity index (χ4v) is 2.62. The maximum Gasteiger partial charge on any atom is 0.117 e. The van der Waals surface area contributed by atoms with Gasteiger partial charge in [0, 0.05) is 13.1 Å². The van der Waals surface area contributed by atoms with Gasteiger partial charge in [-0.15, -0.1) is 0 Å². The Kier molecular flexibility index (Phi) is 2.73. The van der Waals surface area contributed by atoms with Gasteiger partial charge in [0.15, 0.2) is 0 Å². The third kappa shape index (κ3) is 2.13. The van der Waals surface area contributed by atoms with Crippen LogP contribution in [0.5, 0.6) is 0 Å². The van der Waals surface area contributed by atoms with Crippen molar-refractivity contribution < 1.29 is 4.42 Å². The fraction of sp³-hybridized carbons (Fsp3) is 0.333. The normalized spacial score (nSPS) is 15.8. The van der Waals surface area contributed by atoms with Crippen molar-refractivity contribution in [3.8, 4) is 0 Å². The molecule has 0 saturated heterocycles. The monoisotopic (exact) mass is 227 g/mol. The lowest BCUT2D eigenvalue weighted by Gasteiger charge is -2.28. The number of hydrogen-bond acceptors (Lipinski definition) is 2. The van der Waals surface area contributed by atoms with Crippen molar-refractivity contribution in [2.24, 2.45) is 0 Å². The molecule has 2 nitrogen and oxygen atoms in total. The van der Waals surface area contributed by atoms with Crippen LogP contribution in [0.4, 0.5) is 0 Å². The highest BCUT2D eigenvalue weighted by atomic mass is 16.3. The van der Waals surface area contributed by atoms with Crippen LogP contribution in [-0.2, 0) is 19.5 Å². The number of rotatable bonds is 2. The molecule has 1 aromatic heterocycles. The zero-order valence-corrected chi connectivity index (χ0v) is 10.1. The predicted octanol–water partition coefficient (Wildman–Crippen LogP) is 3.15. The number of hydrogen-bond donors (Lipinski definition) is 0. The third-order valence-corrected chi connectivity index (χ3v) is 3.54. The molecule has 0 N–H and O–H groups in total. The van der Waals surface area contributed by atoms with Gasteiger partial charge in [-0.3, -0.25) is 4.90 Å². The Morgan fingerprint density at radius 1 is 1.24 bits per heavy atom. The molecule has 3 rings (SSSR count). The molecule has 0 unspecified atom stereocenters. The lowest BCUT2D eigenvalue weighted by molar-refractivity contribution is 0.225. The van der Waals surface area contributed by atoms with Crippen molar-refractivity contribution >= 4 is 0 Å². The van der Waals surface area contributed by atoms with Crippen LogP contribution in [0.2, 0.25) is 0 Å². The summed E-state index contributed by atoms with van der Waals surface area (Å²) in [6, 6.07) is 10.6. The molecule has 0 fully saturated rings. The van der Waals surface area contributed by atoms with E-state index in [1.807, 2.05) is 12.1 Å². The first-order valence-electron chi connectivity index (χ1n) is 6.15. The van der Waals surface area contributed by atoms with Crippen molar-refractivity contribution in [3.05, 3.63) is 59.0 Å². The van der Waals surface area contributed by atoms with Crippen molar-refractivity contribution in [2.45, 2.75) is 26.4 Å². The number of nitrogens with zero attached hydrogens (tertiary/aromatic N) is 1. The lowest BCUT2D eigenvalue weighted by Crippen LogP contribution is -2.30. The minimum Gasteiger partial charge on any atom is -0.468 e. The Balaban J connectivity index is 1.77. The van der Waals surface area contributed by atoms with Crippen LogP contribution in [-0.4, -0.2) is 11.4 Å². The first-order chi connectivity index (χ1) is 8.33. The Morgan fingerprint density at radius 2 is 2.18 bits per heavy atom. The van der Waals surface area contributed by atoms with Gasteiger partial charge in [-0.05, 0) is 42.2 Å². The van der Waals surface area contributed by atoms with E-state index in [-0.39, 0.29) is 0 Å². The van der Waals surface area contributed by atoms with Crippen LogP contribution >= 0.6 is 0 Å². The minimum absolute atomic E-state index is 0.917. The molecular weight excluding hydrogens is 210 g/mol. The summed E-state index contributed by atoms with van der Waals surface area (Å²) in [5, 5.41) is 0. The van der Waals surface area contributed by atoms with Crippen LogP contribution in [0.25, 0.3) is 0 Å². The highest BCUT2D eigenvalue weighted by Crippen LogP contribution is 2.23. The molecule has 0 atom stereocenters. The van der Waals surface area contributed by atoms with Crippen LogP contribution in [0.15, 0.2) is 41.0 Å². The highest BCUT2D eigenvalue weighted by Gasteiger charge is 2.17. The van der Waals surface area contributed by atoms with Crippen molar-refractivity contribution in [2.75, 3.05) is 6.54 Å². The maximum absolute atomic E-state index is 5.41. The minimum atomic E-state index is 0.917. The second kappa shape index (κ2) is 4.38. The number of benzene rings is 1.